The molecule has 8 heteroatoms. The Labute approximate surface area is 150 Å². The van der Waals surface area contributed by atoms with Crippen molar-refractivity contribution < 1.29 is 4.74 Å². The highest BCUT2D eigenvalue weighted by atomic mass is 127. The number of nitrogens with zero attached hydrogens (tertiary/aromatic N) is 4. The maximum atomic E-state index is 5.05. The summed E-state index contributed by atoms with van der Waals surface area (Å²) >= 11 is 0. The van der Waals surface area contributed by atoms with Crippen LogP contribution in [0.15, 0.2) is 17.4 Å². The first-order chi connectivity index (χ1) is 10.2. The maximum absolute atomic E-state index is 5.05. The number of guanidine groups is 1. The number of methoxy groups -OCH3 is 1. The van der Waals surface area contributed by atoms with E-state index < -0.39 is 0 Å². The molecule has 0 spiro atoms. The summed E-state index contributed by atoms with van der Waals surface area (Å²) in [5, 5.41) is 10.7. The smallest absolute Gasteiger partial charge is 0.191 e. The summed E-state index contributed by atoms with van der Waals surface area (Å²) in [6, 6.07) is 0. The number of halogens is 1. The van der Waals surface area contributed by atoms with Gasteiger partial charge in [-0.15, -0.1) is 24.0 Å². The lowest BCUT2D eigenvalue weighted by Gasteiger charge is -2.18. The van der Waals surface area contributed by atoms with E-state index in [9.17, 15) is 0 Å². The van der Waals surface area contributed by atoms with Crippen LogP contribution in [0.5, 0.6) is 0 Å². The molecule has 0 amide bonds. The molecule has 7 nitrogen and oxygen atoms in total. The molecule has 1 heterocycles. The van der Waals surface area contributed by atoms with Crippen LogP contribution in [0.3, 0.4) is 0 Å². The van der Waals surface area contributed by atoms with Crippen LogP contribution < -0.4 is 10.6 Å². The van der Waals surface area contributed by atoms with Gasteiger partial charge < -0.3 is 20.3 Å². The van der Waals surface area contributed by atoms with Gasteiger partial charge >= 0.3 is 0 Å². The maximum Gasteiger partial charge on any atom is 0.191 e. The molecule has 0 fully saturated rings. The van der Waals surface area contributed by atoms with E-state index in [0.717, 1.165) is 50.7 Å². The predicted molar refractivity (Wildman–Crippen MR) is 101 cm³/mol. The van der Waals surface area contributed by atoms with Gasteiger partial charge in [-0.25, -0.2) is 0 Å². The molecule has 128 valence electrons. The second-order valence-corrected chi connectivity index (χ2v) is 5.02. The largest absolute Gasteiger partial charge is 0.385 e. The monoisotopic (exact) mass is 424 g/mol. The fraction of sp³-hybridized carbons (Fsp3) is 0.714. The Morgan fingerprint density at radius 1 is 1.41 bits per heavy atom. The molecule has 0 saturated carbocycles. The molecule has 1 rings (SSSR count). The third kappa shape index (κ3) is 9.21. The minimum absolute atomic E-state index is 0. The Balaban J connectivity index is 0.00000441. The summed E-state index contributed by atoms with van der Waals surface area (Å²) in [6.07, 6.45) is 4.90. The molecule has 22 heavy (non-hydrogen) atoms. The molecule has 0 aliphatic heterocycles. The average Bonchev–Trinajstić information content (AvgIpc) is 2.88. The zero-order valence-electron chi connectivity index (χ0n) is 14.0. The van der Waals surface area contributed by atoms with Gasteiger partial charge in [-0.2, -0.15) is 5.10 Å². The second-order valence-electron chi connectivity index (χ2n) is 5.02. The van der Waals surface area contributed by atoms with E-state index in [1.807, 2.05) is 19.4 Å². The van der Waals surface area contributed by atoms with Crippen molar-refractivity contribution in [2.24, 2.45) is 12.0 Å². The molecule has 0 radical (unpaired) electrons. The zero-order valence-corrected chi connectivity index (χ0v) is 16.3. The Bertz CT molecular complexity index is 423. The number of rotatable bonds is 9. The van der Waals surface area contributed by atoms with Crippen LogP contribution >= 0.6 is 24.0 Å². The van der Waals surface area contributed by atoms with Gasteiger partial charge in [0.05, 0.1) is 6.20 Å². The van der Waals surface area contributed by atoms with E-state index in [1.54, 1.807) is 18.8 Å². The average molecular weight is 424 g/mol. The van der Waals surface area contributed by atoms with Crippen LogP contribution in [0.2, 0.25) is 0 Å². The van der Waals surface area contributed by atoms with Gasteiger partial charge in [0, 0.05) is 65.8 Å². The normalized spacial score (nSPS) is 11.4. The van der Waals surface area contributed by atoms with Gasteiger partial charge in [0.2, 0.25) is 0 Å². The number of aryl methyl sites for hydroxylation is 1. The van der Waals surface area contributed by atoms with Crippen molar-refractivity contribution in [2.45, 2.75) is 13.0 Å². The molecule has 0 saturated heterocycles. The first-order valence-corrected chi connectivity index (χ1v) is 7.25. The van der Waals surface area contributed by atoms with Crippen LogP contribution in [0.1, 0.15) is 12.0 Å². The molecule has 0 aliphatic carbocycles. The molecular formula is C14H29IN6O. The van der Waals surface area contributed by atoms with E-state index >= 15 is 0 Å². The highest BCUT2D eigenvalue weighted by Crippen LogP contribution is 1.94. The molecule has 0 atom stereocenters. The quantitative estimate of drug-likeness (QED) is 0.264. The van der Waals surface area contributed by atoms with Gasteiger partial charge in [0.15, 0.2) is 5.96 Å². The molecule has 0 unspecified atom stereocenters. The van der Waals surface area contributed by atoms with Gasteiger partial charge in [-0.1, -0.05) is 0 Å². The lowest BCUT2D eigenvalue weighted by molar-refractivity contribution is 0.180. The van der Waals surface area contributed by atoms with Crippen LogP contribution in [0, 0.1) is 0 Å². The van der Waals surface area contributed by atoms with Crippen molar-refractivity contribution in [1.82, 2.24) is 25.3 Å². The second kappa shape index (κ2) is 12.7. The first-order valence-electron chi connectivity index (χ1n) is 7.25. The standard InChI is InChI=1S/C14H28N6O.HI/c1-15-14(17-10-13-11-18-20(3)12-13)16-6-8-19(2)7-5-9-21-4;/h11-12H,5-10H2,1-4H3,(H2,15,16,17);1H. The minimum atomic E-state index is 0. The van der Waals surface area contributed by atoms with Crippen molar-refractivity contribution in [1.29, 1.82) is 0 Å². The number of aliphatic imine (C=N–C) groups is 1. The van der Waals surface area contributed by atoms with Gasteiger partial charge in [0.1, 0.15) is 0 Å². The summed E-state index contributed by atoms with van der Waals surface area (Å²) in [5.74, 6) is 0.809. The van der Waals surface area contributed by atoms with E-state index in [-0.39, 0.29) is 24.0 Å². The van der Waals surface area contributed by atoms with Gasteiger partial charge in [-0.05, 0) is 13.5 Å². The topological polar surface area (TPSA) is 66.7 Å². The number of hydrogen-bond acceptors (Lipinski definition) is 4. The number of hydrogen-bond donors (Lipinski definition) is 2. The van der Waals surface area contributed by atoms with Crippen LogP contribution in [0.25, 0.3) is 0 Å². The van der Waals surface area contributed by atoms with E-state index in [1.165, 1.54) is 0 Å². The van der Waals surface area contributed by atoms with Gasteiger partial charge in [-0.3, -0.25) is 9.67 Å². The predicted octanol–water partition coefficient (Wildman–Crippen LogP) is 0.671. The van der Waals surface area contributed by atoms with Crippen molar-refractivity contribution in [3.8, 4) is 0 Å². The molecule has 0 bridgehead atoms. The van der Waals surface area contributed by atoms with Crippen molar-refractivity contribution in [3.05, 3.63) is 18.0 Å². The van der Waals surface area contributed by atoms with Crippen molar-refractivity contribution in [2.75, 3.05) is 47.4 Å². The zero-order chi connectivity index (χ0) is 15.5. The highest BCUT2D eigenvalue weighted by molar-refractivity contribution is 14.0. The summed E-state index contributed by atoms with van der Waals surface area (Å²) < 4.78 is 6.84. The Morgan fingerprint density at radius 3 is 2.77 bits per heavy atom. The van der Waals surface area contributed by atoms with Crippen molar-refractivity contribution in [3.63, 3.8) is 0 Å². The van der Waals surface area contributed by atoms with Crippen molar-refractivity contribution >= 4 is 29.9 Å². The first kappa shape index (κ1) is 21.1. The molecule has 1 aromatic rings. The van der Waals surface area contributed by atoms with Crippen LogP contribution in [0.4, 0.5) is 0 Å². The Kier molecular flexibility index (Phi) is 12.2. The van der Waals surface area contributed by atoms with E-state index in [0.29, 0.717) is 0 Å². The lowest BCUT2D eigenvalue weighted by atomic mass is 10.3. The number of nitrogens with one attached hydrogen (secondary N) is 2. The Morgan fingerprint density at radius 2 is 2.18 bits per heavy atom. The summed E-state index contributed by atoms with van der Waals surface area (Å²) in [7, 11) is 7.54. The summed E-state index contributed by atoms with van der Waals surface area (Å²) in [5.41, 5.74) is 1.14. The summed E-state index contributed by atoms with van der Waals surface area (Å²) in [6.45, 7) is 4.40. The van der Waals surface area contributed by atoms with Crippen LogP contribution in [-0.4, -0.2) is 68.1 Å². The minimum Gasteiger partial charge on any atom is -0.385 e. The van der Waals surface area contributed by atoms with E-state index in [4.69, 9.17) is 4.74 Å². The fourth-order valence-corrected chi connectivity index (χ4v) is 1.93. The molecule has 0 aromatic carbocycles. The molecular weight excluding hydrogens is 395 g/mol. The van der Waals surface area contributed by atoms with Gasteiger partial charge in [0.25, 0.3) is 0 Å². The number of aromatic nitrogens is 2. The summed E-state index contributed by atoms with van der Waals surface area (Å²) in [4.78, 5) is 6.49. The van der Waals surface area contributed by atoms with Crippen LogP contribution in [-0.2, 0) is 18.3 Å². The van der Waals surface area contributed by atoms with E-state index in [2.05, 4.69) is 32.7 Å². The molecule has 1 aromatic heterocycles. The fourth-order valence-electron chi connectivity index (χ4n) is 1.93. The highest BCUT2D eigenvalue weighted by Gasteiger charge is 2.01. The number of ether oxygens (including phenoxy) is 1. The molecule has 2 N–H and O–H groups in total. The lowest BCUT2D eigenvalue weighted by Crippen LogP contribution is -2.40. The number of likely N-dealkylation sites (N-methyl/N-ethyl adjacent to an activating group) is 1. The SMILES string of the molecule is CN=C(NCCN(C)CCCOC)NCc1cnn(C)c1.I. The molecule has 0 aliphatic rings. The third-order valence-corrected chi connectivity index (χ3v) is 3.12. The third-order valence-electron chi connectivity index (χ3n) is 3.12. The Hall–Kier alpha value is -0.870.